The van der Waals surface area contributed by atoms with Crippen molar-refractivity contribution in [3.05, 3.63) is 41.7 Å². The van der Waals surface area contributed by atoms with Crippen molar-refractivity contribution in [1.82, 2.24) is 0 Å². The maximum atomic E-state index is 13.0. The van der Waals surface area contributed by atoms with Gasteiger partial charge in [-0.3, -0.25) is 9.36 Å². The normalized spacial score (nSPS) is 12.2. The van der Waals surface area contributed by atoms with Crippen LogP contribution in [0.4, 0.5) is 0 Å². The molecule has 0 aliphatic carbocycles. The Kier molecular flexibility index (Phi) is 7.37. The van der Waals surface area contributed by atoms with E-state index in [0.29, 0.717) is 24.0 Å². The van der Waals surface area contributed by atoms with Crippen molar-refractivity contribution in [2.75, 3.05) is 19.8 Å². The monoisotopic (exact) mass is 312 g/mol. The smallest absolute Gasteiger partial charge is 0.365 e. The van der Waals surface area contributed by atoms with Gasteiger partial charge in [0.15, 0.2) is 6.29 Å². The molecule has 0 fully saturated rings. The lowest BCUT2D eigenvalue weighted by Gasteiger charge is -2.21. The largest absolute Gasteiger partial charge is 0.501 e. The third kappa shape index (κ3) is 4.53. The molecule has 0 radical (unpaired) electrons. The fourth-order valence-electron chi connectivity index (χ4n) is 1.79. The van der Waals surface area contributed by atoms with Gasteiger partial charge in [0.1, 0.15) is 5.31 Å². The number of hydrogen-bond donors (Lipinski definition) is 0. The summed E-state index contributed by atoms with van der Waals surface area (Å²) in [4.78, 5) is 11.2. The van der Waals surface area contributed by atoms with Gasteiger partial charge in [0, 0.05) is 11.1 Å². The summed E-state index contributed by atoms with van der Waals surface area (Å²) in [6.45, 7) is 6.14. The molecule has 0 unspecified atom stereocenters. The van der Waals surface area contributed by atoms with Crippen LogP contribution in [0.2, 0.25) is 0 Å². The van der Waals surface area contributed by atoms with Crippen LogP contribution in [0, 0.1) is 0 Å². The number of carbonyl (C=O) groups is 1. The molecule has 0 N–H and O–H groups in total. The van der Waals surface area contributed by atoms with Crippen molar-refractivity contribution in [2.24, 2.45) is 0 Å². The van der Waals surface area contributed by atoms with Gasteiger partial charge in [-0.15, -0.1) is 0 Å². The first kappa shape index (κ1) is 17.6. The van der Waals surface area contributed by atoms with E-state index < -0.39 is 7.60 Å². The maximum absolute atomic E-state index is 13.0. The van der Waals surface area contributed by atoms with Gasteiger partial charge in [-0.1, -0.05) is 24.3 Å². The molecule has 116 valence electrons. The van der Waals surface area contributed by atoms with Gasteiger partial charge >= 0.3 is 7.60 Å². The van der Waals surface area contributed by atoms with Crippen LogP contribution in [0.1, 0.15) is 36.7 Å². The Morgan fingerprint density at radius 2 is 1.71 bits per heavy atom. The zero-order chi connectivity index (χ0) is 15.7. The standard InChI is InChI=1S/C15H21O5P/c1-4-18-12-15(21(17,19-5-2)20-6-3)14-10-8-7-9-13(14)11-16/h7-12H,4-6H2,1-3H3/b15-12+. The predicted octanol–water partition coefficient (Wildman–Crippen LogP) is 4.10. The summed E-state index contributed by atoms with van der Waals surface area (Å²) in [6, 6.07) is 6.83. The van der Waals surface area contributed by atoms with E-state index in [2.05, 4.69) is 0 Å². The van der Waals surface area contributed by atoms with E-state index in [-0.39, 0.29) is 18.5 Å². The molecule has 0 heterocycles. The van der Waals surface area contributed by atoms with E-state index in [0.717, 1.165) is 0 Å². The summed E-state index contributed by atoms with van der Waals surface area (Å²) < 4.78 is 29.0. The molecule has 0 saturated heterocycles. The highest BCUT2D eigenvalue weighted by atomic mass is 31.2. The summed E-state index contributed by atoms with van der Waals surface area (Å²) in [5.41, 5.74) is 0.897. The van der Waals surface area contributed by atoms with Gasteiger partial charge in [-0.05, 0) is 20.8 Å². The van der Waals surface area contributed by atoms with Crippen LogP contribution in [-0.4, -0.2) is 26.1 Å². The minimum absolute atomic E-state index is 0.226. The first-order valence-electron chi connectivity index (χ1n) is 6.88. The van der Waals surface area contributed by atoms with Crippen LogP contribution in [0.25, 0.3) is 5.31 Å². The molecule has 0 amide bonds. The van der Waals surface area contributed by atoms with Crippen LogP contribution in [0.15, 0.2) is 30.5 Å². The van der Waals surface area contributed by atoms with E-state index in [1.165, 1.54) is 6.26 Å². The molecule has 6 heteroatoms. The fourth-order valence-corrected chi connectivity index (χ4v) is 3.52. The molecule has 0 atom stereocenters. The first-order valence-corrected chi connectivity index (χ1v) is 8.43. The summed E-state index contributed by atoms with van der Waals surface area (Å²) in [7, 11) is -3.54. The Balaban J connectivity index is 3.40. The molecule has 5 nitrogen and oxygen atoms in total. The molecule has 0 aliphatic heterocycles. The number of carbonyl (C=O) groups excluding carboxylic acids is 1. The molecular formula is C15H21O5P. The number of ether oxygens (including phenoxy) is 1. The highest BCUT2D eigenvalue weighted by Gasteiger charge is 2.32. The number of aldehydes is 1. The molecular weight excluding hydrogens is 291 g/mol. The second-order valence-electron chi connectivity index (χ2n) is 4.00. The Labute approximate surface area is 125 Å². The van der Waals surface area contributed by atoms with Crippen molar-refractivity contribution < 1.29 is 23.1 Å². The van der Waals surface area contributed by atoms with Gasteiger partial charge < -0.3 is 13.8 Å². The number of rotatable bonds is 9. The minimum Gasteiger partial charge on any atom is -0.501 e. The lowest BCUT2D eigenvalue weighted by Crippen LogP contribution is -2.02. The summed E-state index contributed by atoms with van der Waals surface area (Å²) in [5.74, 6) is 0. The fraction of sp³-hybridized carbons (Fsp3) is 0.400. The number of hydrogen-bond acceptors (Lipinski definition) is 5. The third-order valence-corrected chi connectivity index (χ3v) is 4.75. The van der Waals surface area contributed by atoms with Crippen molar-refractivity contribution in [3.8, 4) is 0 Å². The van der Waals surface area contributed by atoms with Gasteiger partial charge in [0.05, 0.1) is 26.1 Å². The predicted molar refractivity (Wildman–Crippen MR) is 82.3 cm³/mol. The molecule has 21 heavy (non-hydrogen) atoms. The van der Waals surface area contributed by atoms with Crippen molar-refractivity contribution in [1.29, 1.82) is 0 Å². The van der Waals surface area contributed by atoms with Gasteiger partial charge in [-0.25, -0.2) is 0 Å². The average Bonchev–Trinajstić information content (AvgIpc) is 2.48. The van der Waals surface area contributed by atoms with Crippen molar-refractivity contribution in [3.63, 3.8) is 0 Å². The highest BCUT2D eigenvalue weighted by molar-refractivity contribution is 7.65. The van der Waals surface area contributed by atoms with Gasteiger partial charge in [-0.2, -0.15) is 0 Å². The lowest BCUT2D eigenvalue weighted by atomic mass is 10.1. The van der Waals surface area contributed by atoms with Gasteiger partial charge in [0.25, 0.3) is 0 Å². The molecule has 1 rings (SSSR count). The Bertz CT molecular complexity index is 529. The summed E-state index contributed by atoms with van der Waals surface area (Å²) in [6.07, 6.45) is 2.06. The Morgan fingerprint density at radius 1 is 1.10 bits per heavy atom. The topological polar surface area (TPSA) is 61.8 Å². The van der Waals surface area contributed by atoms with Crippen molar-refractivity contribution in [2.45, 2.75) is 20.8 Å². The first-order chi connectivity index (χ1) is 10.1. The van der Waals surface area contributed by atoms with Crippen LogP contribution in [0.3, 0.4) is 0 Å². The SMILES string of the molecule is CCO/C=C(\c1ccccc1C=O)P(=O)(OCC)OCC. The average molecular weight is 312 g/mol. The third-order valence-electron chi connectivity index (χ3n) is 2.62. The maximum Gasteiger partial charge on any atom is 0.365 e. The van der Waals surface area contributed by atoms with E-state index in [9.17, 15) is 9.36 Å². The lowest BCUT2D eigenvalue weighted by molar-refractivity contribution is 0.112. The molecule has 1 aromatic rings. The Hall–Kier alpha value is -1.42. The van der Waals surface area contributed by atoms with Crippen LogP contribution < -0.4 is 0 Å². The van der Waals surface area contributed by atoms with E-state index in [1.807, 2.05) is 6.92 Å². The zero-order valence-corrected chi connectivity index (χ0v) is 13.5. The minimum atomic E-state index is -3.54. The molecule has 0 bridgehead atoms. The van der Waals surface area contributed by atoms with Crippen LogP contribution in [0.5, 0.6) is 0 Å². The van der Waals surface area contributed by atoms with Crippen LogP contribution >= 0.6 is 7.60 Å². The molecule has 0 aliphatic rings. The van der Waals surface area contributed by atoms with Crippen molar-refractivity contribution >= 4 is 19.2 Å². The highest BCUT2D eigenvalue weighted by Crippen LogP contribution is 2.60. The summed E-state index contributed by atoms with van der Waals surface area (Å²) >= 11 is 0. The van der Waals surface area contributed by atoms with Gasteiger partial charge in [0.2, 0.25) is 0 Å². The molecule has 0 saturated carbocycles. The molecule has 0 spiro atoms. The molecule has 0 aromatic heterocycles. The van der Waals surface area contributed by atoms with E-state index >= 15 is 0 Å². The molecule has 1 aromatic carbocycles. The van der Waals surface area contributed by atoms with Crippen LogP contribution in [-0.2, 0) is 18.3 Å². The zero-order valence-electron chi connectivity index (χ0n) is 12.6. The van der Waals surface area contributed by atoms with E-state index in [4.69, 9.17) is 13.8 Å². The quantitative estimate of drug-likeness (QED) is 0.390. The second kappa shape index (κ2) is 8.78. The summed E-state index contributed by atoms with van der Waals surface area (Å²) in [5, 5.41) is 0.260. The second-order valence-corrected chi connectivity index (χ2v) is 5.99. The van der Waals surface area contributed by atoms with E-state index in [1.54, 1.807) is 38.1 Å². The number of benzene rings is 1. The Morgan fingerprint density at radius 3 is 2.24 bits per heavy atom.